The van der Waals surface area contributed by atoms with E-state index in [4.69, 9.17) is 0 Å². The lowest BCUT2D eigenvalue weighted by Gasteiger charge is -2.34. The van der Waals surface area contributed by atoms with Crippen molar-refractivity contribution in [2.24, 2.45) is 0 Å². The summed E-state index contributed by atoms with van der Waals surface area (Å²) in [5.74, 6) is -0.640. The second-order valence-electron chi connectivity index (χ2n) is 5.72. The first-order valence-electron chi connectivity index (χ1n) is 7.46. The number of sulfone groups is 1. The van der Waals surface area contributed by atoms with Gasteiger partial charge in [-0.2, -0.15) is 4.79 Å². The molecule has 0 radical (unpaired) electrons. The molecule has 1 aromatic rings. The minimum atomic E-state index is -4.94. The third kappa shape index (κ3) is 4.14. The number of halogens is 3. The molecule has 144 valence electrons. The molecule has 12 heteroatoms. The molecule has 1 unspecified atom stereocenters. The minimum absolute atomic E-state index is 0.0308. The van der Waals surface area contributed by atoms with E-state index in [9.17, 15) is 35.9 Å². The van der Waals surface area contributed by atoms with Gasteiger partial charge in [-0.3, -0.25) is 4.21 Å². The van der Waals surface area contributed by atoms with Crippen molar-refractivity contribution in [2.75, 3.05) is 0 Å². The molecule has 26 heavy (non-hydrogen) atoms. The van der Waals surface area contributed by atoms with Crippen LogP contribution in [0.4, 0.5) is 13.2 Å². The van der Waals surface area contributed by atoms with Crippen molar-refractivity contribution in [3.8, 4) is 5.75 Å². The Morgan fingerprint density at radius 2 is 1.73 bits per heavy atom. The Bertz CT molecular complexity index is 840. The molecule has 1 aliphatic carbocycles. The molecule has 0 aliphatic heterocycles. The number of hydrogen-bond acceptors (Lipinski definition) is 5. The van der Waals surface area contributed by atoms with Gasteiger partial charge in [-0.1, -0.05) is 19.3 Å². The second kappa shape index (κ2) is 7.47. The van der Waals surface area contributed by atoms with E-state index >= 15 is 0 Å². The van der Waals surface area contributed by atoms with Gasteiger partial charge in [0, 0.05) is 0 Å². The summed E-state index contributed by atoms with van der Waals surface area (Å²) >= 11 is -2.87. The summed E-state index contributed by atoms with van der Waals surface area (Å²) in [6.07, 6.45) is -3.43. The van der Waals surface area contributed by atoms with Crippen molar-refractivity contribution in [2.45, 2.75) is 48.1 Å². The van der Waals surface area contributed by atoms with Crippen molar-refractivity contribution < 1.29 is 39.9 Å². The van der Waals surface area contributed by atoms with Gasteiger partial charge in [-0.25, -0.2) is 8.42 Å². The van der Waals surface area contributed by atoms with Crippen LogP contribution in [0, 0.1) is 0 Å². The highest BCUT2D eigenvalue weighted by atomic mass is 32.2. The van der Waals surface area contributed by atoms with E-state index in [1.807, 2.05) is 0 Å². The summed E-state index contributed by atoms with van der Waals surface area (Å²) in [5, 5.41) is -0.928. The summed E-state index contributed by atoms with van der Waals surface area (Å²) in [5.41, 5.74) is 9.26. The molecule has 1 aliphatic rings. The smallest absolute Gasteiger partial charge is 0.573 e. The summed E-state index contributed by atoms with van der Waals surface area (Å²) in [6.45, 7) is 0. The Morgan fingerprint density at radius 1 is 1.19 bits per heavy atom. The van der Waals surface area contributed by atoms with E-state index in [1.165, 1.54) is 0 Å². The van der Waals surface area contributed by atoms with Crippen LogP contribution in [-0.2, 0) is 20.9 Å². The maximum atomic E-state index is 12.7. The quantitative estimate of drug-likeness (QED) is 0.248. The predicted octanol–water partition coefficient (Wildman–Crippen LogP) is 2.57. The lowest BCUT2D eigenvalue weighted by Crippen LogP contribution is -2.48. The van der Waals surface area contributed by atoms with Crippen molar-refractivity contribution in [3.05, 3.63) is 29.8 Å². The Labute approximate surface area is 150 Å². The molecule has 1 aromatic carbocycles. The van der Waals surface area contributed by atoms with Gasteiger partial charge in [0.25, 0.3) is 9.84 Å². The Hall–Kier alpha value is -1.75. The first-order chi connectivity index (χ1) is 12.0. The van der Waals surface area contributed by atoms with Crippen molar-refractivity contribution in [3.63, 3.8) is 0 Å². The van der Waals surface area contributed by atoms with Crippen LogP contribution in [0.25, 0.3) is 5.53 Å². The predicted molar refractivity (Wildman–Crippen MR) is 83.7 cm³/mol. The zero-order chi connectivity index (χ0) is 19.6. The molecule has 0 saturated heterocycles. The summed E-state index contributed by atoms with van der Waals surface area (Å²) < 4.78 is 87.3. The first kappa shape index (κ1) is 20.6. The van der Waals surface area contributed by atoms with Crippen LogP contribution in [0.5, 0.6) is 5.75 Å². The van der Waals surface area contributed by atoms with Gasteiger partial charge in [0.05, 0.1) is 4.90 Å². The fraction of sp³-hybridized carbons (Fsp3) is 0.500. The third-order valence-corrected chi connectivity index (χ3v) is 7.33. The second-order valence-corrected chi connectivity index (χ2v) is 8.83. The summed E-state index contributed by atoms with van der Waals surface area (Å²) in [4.78, 5) is 2.26. The molecule has 1 fully saturated rings. The van der Waals surface area contributed by atoms with Crippen LogP contribution in [0.3, 0.4) is 0 Å². The fourth-order valence-electron chi connectivity index (χ4n) is 2.90. The van der Waals surface area contributed by atoms with Crippen molar-refractivity contribution >= 4 is 26.0 Å². The van der Waals surface area contributed by atoms with Crippen LogP contribution in [0.1, 0.15) is 32.1 Å². The molecule has 2 rings (SSSR count). The van der Waals surface area contributed by atoms with E-state index in [0.717, 1.165) is 24.3 Å². The van der Waals surface area contributed by atoms with Gasteiger partial charge in [0.15, 0.2) is 0 Å². The highest BCUT2D eigenvalue weighted by Crippen LogP contribution is 2.37. The number of ether oxygens (including phenoxy) is 1. The molecule has 0 bridgehead atoms. The summed E-state index contributed by atoms with van der Waals surface area (Å²) in [6, 6.07) is 3.20. The Balaban J connectivity index is 2.44. The monoisotopic (exact) mass is 411 g/mol. The van der Waals surface area contributed by atoms with Crippen LogP contribution < -0.4 is 4.74 Å². The molecular weight excluding hydrogens is 397 g/mol. The largest absolute Gasteiger partial charge is 0.771 e. The number of rotatable bonds is 4. The van der Waals surface area contributed by atoms with Crippen molar-refractivity contribution in [1.29, 1.82) is 0 Å². The normalized spacial score (nSPS) is 18.6. The van der Waals surface area contributed by atoms with E-state index < -0.39 is 47.7 Å². The standard InChI is InChI=1S/C14H15F3N2O5S2/c15-14(16,17)24-10-4-6-11(7-5-10)26(22,23)12(19-18)13(25(20)21)8-2-1-3-9-13/h4-7H,1-3,8-9H2,(H,20,21)/p-1. The maximum Gasteiger partial charge on any atom is 0.573 e. The van der Waals surface area contributed by atoms with Crippen LogP contribution in [0.2, 0.25) is 0 Å². The van der Waals surface area contributed by atoms with Crippen LogP contribution in [0.15, 0.2) is 29.2 Å². The SMILES string of the molecule is [N-]=[N+]=C(C1(S(=O)[O-])CCCCC1)S(=O)(=O)c1ccc(OC(F)(F)F)cc1. The van der Waals surface area contributed by atoms with Gasteiger partial charge in [0.2, 0.25) is 0 Å². The lowest BCUT2D eigenvalue weighted by atomic mass is 9.89. The zero-order valence-corrected chi connectivity index (χ0v) is 14.9. The molecule has 1 saturated carbocycles. The van der Waals surface area contributed by atoms with E-state index in [2.05, 4.69) is 9.53 Å². The molecule has 1 atom stereocenters. The van der Waals surface area contributed by atoms with Crippen LogP contribution in [-0.4, -0.2) is 38.1 Å². The van der Waals surface area contributed by atoms with E-state index in [0.29, 0.717) is 19.3 Å². The number of hydrogen-bond donors (Lipinski definition) is 0. The minimum Gasteiger partial charge on any atom is -0.771 e. The molecule has 0 heterocycles. The topological polar surface area (TPSA) is 120 Å². The van der Waals surface area contributed by atoms with Gasteiger partial charge in [-0.05, 0) is 48.2 Å². The van der Waals surface area contributed by atoms with E-state index in [1.54, 1.807) is 0 Å². The average Bonchev–Trinajstić information content (AvgIpc) is 2.55. The molecule has 0 spiro atoms. The van der Waals surface area contributed by atoms with E-state index in [-0.39, 0.29) is 12.8 Å². The molecule has 7 nitrogen and oxygen atoms in total. The van der Waals surface area contributed by atoms with Crippen LogP contribution >= 0.6 is 0 Å². The van der Waals surface area contributed by atoms with Gasteiger partial charge in [0.1, 0.15) is 10.5 Å². The number of nitrogens with zero attached hydrogens (tertiary/aromatic N) is 2. The van der Waals surface area contributed by atoms with Gasteiger partial charge in [-0.15, -0.1) is 13.2 Å². The van der Waals surface area contributed by atoms with Gasteiger partial charge < -0.3 is 14.8 Å². The third-order valence-electron chi connectivity index (χ3n) is 4.08. The molecule has 0 N–H and O–H groups in total. The number of benzene rings is 1. The first-order valence-corrected chi connectivity index (χ1v) is 10.0. The lowest BCUT2D eigenvalue weighted by molar-refractivity contribution is -0.274. The summed E-state index contributed by atoms with van der Waals surface area (Å²) in [7, 11) is -4.54. The zero-order valence-electron chi connectivity index (χ0n) is 13.2. The van der Waals surface area contributed by atoms with Crippen molar-refractivity contribution in [1.82, 2.24) is 0 Å². The molecule has 0 amide bonds. The average molecular weight is 411 g/mol. The number of alkyl halides is 3. The van der Waals surface area contributed by atoms with Gasteiger partial charge >= 0.3 is 11.4 Å². The highest BCUT2D eigenvalue weighted by Gasteiger charge is 2.52. The maximum absolute atomic E-state index is 12.7. The molecule has 0 aromatic heterocycles. The highest BCUT2D eigenvalue weighted by molar-refractivity contribution is 8.08. The fourth-order valence-corrected chi connectivity index (χ4v) is 5.75. The Kier molecular flexibility index (Phi) is 5.91. The molecular formula is C14H14F3N2O5S2-. The Morgan fingerprint density at radius 3 is 2.15 bits per heavy atom.